The van der Waals surface area contributed by atoms with Gasteiger partial charge >= 0.3 is 5.88 Å². The second kappa shape index (κ2) is 3.84. The molecule has 0 radical (unpaired) electrons. The molecule has 3 rings (SSSR count). The summed E-state index contributed by atoms with van der Waals surface area (Å²) in [6, 6.07) is 8.35. The molecular weight excluding hydrogens is 248 g/mol. The molecule has 0 fully saturated rings. The number of anilines is 1. The summed E-state index contributed by atoms with van der Waals surface area (Å²) < 4.78 is 6.89. The molecule has 0 aliphatic heterocycles. The number of nitrogens with two attached hydrogens (primary N) is 1. The highest BCUT2D eigenvalue weighted by Crippen LogP contribution is 2.30. The van der Waals surface area contributed by atoms with Gasteiger partial charge in [-0.3, -0.25) is 14.5 Å². The van der Waals surface area contributed by atoms with E-state index in [2.05, 4.69) is 4.98 Å². The van der Waals surface area contributed by atoms with Crippen molar-refractivity contribution in [2.24, 2.45) is 0 Å². The van der Waals surface area contributed by atoms with Crippen molar-refractivity contribution in [2.75, 3.05) is 5.73 Å². The SMILES string of the molecule is Cc1cccc2nc(-c3ccc([N+](=O)[O-])o3)c(N)n12. The molecule has 0 saturated heterocycles. The lowest BCUT2D eigenvalue weighted by molar-refractivity contribution is -0.401. The van der Waals surface area contributed by atoms with Crippen molar-refractivity contribution in [1.29, 1.82) is 0 Å². The van der Waals surface area contributed by atoms with Gasteiger partial charge in [-0.15, -0.1) is 0 Å². The number of nitrogen functional groups attached to an aromatic ring is 1. The summed E-state index contributed by atoms with van der Waals surface area (Å²) >= 11 is 0. The molecule has 19 heavy (non-hydrogen) atoms. The molecule has 0 unspecified atom stereocenters. The summed E-state index contributed by atoms with van der Waals surface area (Å²) in [7, 11) is 0. The van der Waals surface area contributed by atoms with Crippen LogP contribution in [0, 0.1) is 17.0 Å². The zero-order valence-corrected chi connectivity index (χ0v) is 10.0. The van der Waals surface area contributed by atoms with Gasteiger partial charge in [-0.05, 0) is 25.1 Å². The Kier molecular flexibility index (Phi) is 2.28. The molecule has 7 heteroatoms. The van der Waals surface area contributed by atoms with Crippen LogP contribution in [-0.4, -0.2) is 14.3 Å². The summed E-state index contributed by atoms with van der Waals surface area (Å²) in [5.74, 6) is 0.354. The van der Waals surface area contributed by atoms with E-state index >= 15 is 0 Å². The first-order valence-electron chi connectivity index (χ1n) is 5.56. The van der Waals surface area contributed by atoms with Crippen LogP contribution < -0.4 is 5.73 Å². The van der Waals surface area contributed by atoms with Gasteiger partial charge in [0.2, 0.25) is 0 Å². The second-order valence-corrected chi connectivity index (χ2v) is 4.10. The maximum Gasteiger partial charge on any atom is 0.433 e. The molecule has 7 nitrogen and oxygen atoms in total. The van der Waals surface area contributed by atoms with Crippen molar-refractivity contribution in [3.05, 3.63) is 46.1 Å². The van der Waals surface area contributed by atoms with E-state index in [-0.39, 0.29) is 11.6 Å². The molecule has 0 amide bonds. The van der Waals surface area contributed by atoms with Gasteiger partial charge in [0.1, 0.15) is 22.1 Å². The van der Waals surface area contributed by atoms with Gasteiger partial charge in [0.05, 0.1) is 6.07 Å². The van der Waals surface area contributed by atoms with Crippen molar-refractivity contribution in [2.45, 2.75) is 6.92 Å². The number of aryl methyl sites for hydroxylation is 1. The van der Waals surface area contributed by atoms with Gasteiger partial charge in [-0.2, -0.15) is 0 Å². The molecule has 3 aromatic heterocycles. The molecule has 0 atom stereocenters. The van der Waals surface area contributed by atoms with Gasteiger partial charge in [-0.25, -0.2) is 4.98 Å². The van der Waals surface area contributed by atoms with E-state index in [0.717, 1.165) is 5.69 Å². The summed E-state index contributed by atoms with van der Waals surface area (Å²) in [6.07, 6.45) is 0. The Morgan fingerprint density at radius 2 is 2.16 bits per heavy atom. The van der Waals surface area contributed by atoms with Crippen molar-refractivity contribution >= 4 is 17.3 Å². The van der Waals surface area contributed by atoms with E-state index in [1.165, 1.54) is 12.1 Å². The fourth-order valence-electron chi connectivity index (χ4n) is 2.02. The number of aromatic nitrogens is 2. The fourth-order valence-corrected chi connectivity index (χ4v) is 2.02. The largest absolute Gasteiger partial charge is 0.433 e. The number of hydrogen-bond donors (Lipinski definition) is 1. The van der Waals surface area contributed by atoms with E-state index < -0.39 is 4.92 Å². The van der Waals surface area contributed by atoms with Crippen LogP contribution in [0.4, 0.5) is 11.7 Å². The Balaban J connectivity index is 2.22. The normalized spacial score (nSPS) is 11.0. The number of nitrogens with zero attached hydrogens (tertiary/aromatic N) is 3. The predicted molar refractivity (Wildman–Crippen MR) is 68.7 cm³/mol. The number of hydrogen-bond acceptors (Lipinski definition) is 5. The van der Waals surface area contributed by atoms with E-state index in [1.54, 1.807) is 4.40 Å². The Morgan fingerprint density at radius 3 is 2.79 bits per heavy atom. The summed E-state index contributed by atoms with van der Waals surface area (Å²) in [4.78, 5) is 14.4. The van der Waals surface area contributed by atoms with E-state index in [4.69, 9.17) is 10.2 Å². The molecule has 96 valence electrons. The highest BCUT2D eigenvalue weighted by Gasteiger charge is 2.19. The van der Waals surface area contributed by atoms with E-state index in [9.17, 15) is 10.1 Å². The smallest absolute Gasteiger partial charge is 0.399 e. The summed E-state index contributed by atoms with van der Waals surface area (Å²) in [6.45, 7) is 1.90. The van der Waals surface area contributed by atoms with Crippen LogP contribution in [0.25, 0.3) is 17.1 Å². The minimum Gasteiger partial charge on any atom is -0.399 e. The first-order valence-corrected chi connectivity index (χ1v) is 5.56. The monoisotopic (exact) mass is 258 g/mol. The second-order valence-electron chi connectivity index (χ2n) is 4.10. The Hall–Kier alpha value is -2.83. The Labute approximate surface area is 107 Å². The number of rotatable bonds is 2. The first kappa shape index (κ1) is 11.3. The zero-order valence-electron chi connectivity index (χ0n) is 10.0. The number of furan rings is 1. The molecule has 0 aliphatic rings. The molecule has 0 aromatic carbocycles. The quantitative estimate of drug-likeness (QED) is 0.562. The van der Waals surface area contributed by atoms with Crippen molar-refractivity contribution in [3.8, 4) is 11.5 Å². The predicted octanol–water partition coefficient (Wildman–Crippen LogP) is 2.39. The first-order chi connectivity index (χ1) is 9.08. The number of pyridine rings is 1. The molecule has 0 spiro atoms. The topological polar surface area (TPSA) is 99.6 Å². The Morgan fingerprint density at radius 1 is 1.37 bits per heavy atom. The molecular formula is C12H10N4O3. The summed E-state index contributed by atoms with van der Waals surface area (Å²) in [5, 5.41) is 10.6. The molecule has 3 heterocycles. The van der Waals surface area contributed by atoms with Crippen LogP contribution in [0.5, 0.6) is 0 Å². The molecule has 3 aromatic rings. The maximum absolute atomic E-state index is 10.6. The molecule has 0 saturated carbocycles. The number of fused-ring (bicyclic) bond motifs is 1. The maximum atomic E-state index is 10.6. The lowest BCUT2D eigenvalue weighted by atomic mass is 10.3. The van der Waals surface area contributed by atoms with Crippen molar-refractivity contribution in [3.63, 3.8) is 0 Å². The molecule has 0 aliphatic carbocycles. The minimum atomic E-state index is -0.596. The third kappa shape index (κ3) is 1.63. The average molecular weight is 258 g/mol. The third-order valence-electron chi connectivity index (χ3n) is 2.88. The van der Waals surface area contributed by atoms with Crippen molar-refractivity contribution < 1.29 is 9.34 Å². The standard InChI is InChI=1S/C12H10N4O3/c1-7-3-2-4-9-14-11(12(13)15(7)9)8-5-6-10(19-8)16(17)18/h2-6H,13H2,1H3. The minimum absolute atomic E-state index is 0.285. The lowest BCUT2D eigenvalue weighted by Crippen LogP contribution is -1.97. The average Bonchev–Trinajstić information content (AvgIpc) is 2.95. The molecule has 0 bridgehead atoms. The van der Waals surface area contributed by atoms with Crippen molar-refractivity contribution in [1.82, 2.24) is 9.38 Å². The van der Waals surface area contributed by atoms with Crippen LogP contribution in [0.1, 0.15) is 5.69 Å². The van der Waals surface area contributed by atoms with Gasteiger partial charge < -0.3 is 10.2 Å². The van der Waals surface area contributed by atoms with Crippen LogP contribution in [-0.2, 0) is 0 Å². The van der Waals surface area contributed by atoms with E-state index in [0.29, 0.717) is 17.2 Å². The van der Waals surface area contributed by atoms with Crippen LogP contribution >= 0.6 is 0 Å². The number of nitro groups is 1. The van der Waals surface area contributed by atoms with Gasteiger partial charge in [0.15, 0.2) is 5.76 Å². The highest BCUT2D eigenvalue weighted by molar-refractivity contribution is 5.72. The molecule has 2 N–H and O–H groups in total. The van der Waals surface area contributed by atoms with Crippen LogP contribution in [0.2, 0.25) is 0 Å². The third-order valence-corrected chi connectivity index (χ3v) is 2.88. The van der Waals surface area contributed by atoms with Gasteiger partial charge in [0.25, 0.3) is 0 Å². The van der Waals surface area contributed by atoms with E-state index in [1.807, 2.05) is 25.1 Å². The van der Waals surface area contributed by atoms with Crippen LogP contribution in [0.15, 0.2) is 34.7 Å². The highest BCUT2D eigenvalue weighted by atomic mass is 16.6. The Bertz CT molecular complexity index is 787. The van der Waals surface area contributed by atoms with Gasteiger partial charge in [0, 0.05) is 5.69 Å². The van der Waals surface area contributed by atoms with Gasteiger partial charge in [-0.1, -0.05) is 6.07 Å². The fraction of sp³-hybridized carbons (Fsp3) is 0.0833. The zero-order chi connectivity index (χ0) is 13.6. The number of imidazole rings is 1. The summed E-state index contributed by atoms with van der Waals surface area (Å²) in [5.41, 5.74) is 8.03. The van der Waals surface area contributed by atoms with Crippen LogP contribution in [0.3, 0.4) is 0 Å². The lowest BCUT2D eigenvalue weighted by Gasteiger charge is -2.00.